The predicted octanol–water partition coefficient (Wildman–Crippen LogP) is 4.82. The van der Waals surface area contributed by atoms with Gasteiger partial charge in [-0.3, -0.25) is 9.52 Å². The molecule has 0 saturated heterocycles. The number of amides is 1. The molecule has 0 radical (unpaired) electrons. The Morgan fingerprint density at radius 3 is 2.45 bits per heavy atom. The molecule has 3 aromatic carbocycles. The van der Waals surface area contributed by atoms with Crippen LogP contribution < -0.4 is 14.8 Å². The number of rotatable bonds is 5. The van der Waals surface area contributed by atoms with Crippen LogP contribution in [-0.2, 0) is 21.2 Å². The van der Waals surface area contributed by atoms with Crippen molar-refractivity contribution in [1.29, 1.82) is 0 Å². The van der Waals surface area contributed by atoms with Crippen molar-refractivity contribution in [2.45, 2.75) is 17.7 Å². The highest BCUT2D eigenvalue weighted by Crippen LogP contribution is 2.35. The van der Waals surface area contributed by atoms with E-state index in [0.29, 0.717) is 40.7 Å². The standard InChI is InChI=1S/C21H17ClN2O4S/c22-16-5-1-3-7-19(16)28-20-8-4-2-6-18(20)24-29(26,27)15-10-11-17-14(13-15)9-12-21(25)23-17/h1-8,10-11,13,24H,9,12H2,(H,23,25). The molecule has 0 aromatic heterocycles. The molecule has 0 aliphatic carbocycles. The second kappa shape index (κ2) is 7.77. The number of ether oxygens (including phenoxy) is 1. The van der Waals surface area contributed by atoms with Gasteiger partial charge in [0, 0.05) is 12.1 Å². The van der Waals surface area contributed by atoms with Gasteiger partial charge >= 0.3 is 0 Å². The maximum atomic E-state index is 12.9. The lowest BCUT2D eigenvalue weighted by atomic mass is 10.0. The Morgan fingerprint density at radius 1 is 0.931 bits per heavy atom. The van der Waals surface area contributed by atoms with Crippen LogP contribution in [0.3, 0.4) is 0 Å². The molecule has 0 spiro atoms. The van der Waals surface area contributed by atoms with Gasteiger partial charge in [0.25, 0.3) is 10.0 Å². The Labute approximate surface area is 173 Å². The fourth-order valence-corrected chi connectivity index (χ4v) is 4.31. The number of hydrogen-bond acceptors (Lipinski definition) is 4. The van der Waals surface area contributed by atoms with Crippen molar-refractivity contribution in [3.05, 3.63) is 77.3 Å². The molecule has 29 heavy (non-hydrogen) atoms. The smallest absolute Gasteiger partial charge is 0.262 e. The lowest BCUT2D eigenvalue weighted by Crippen LogP contribution is -2.20. The second-order valence-electron chi connectivity index (χ2n) is 6.50. The number of carbonyl (C=O) groups is 1. The third kappa shape index (κ3) is 4.21. The molecule has 1 aliphatic rings. The normalized spacial score (nSPS) is 13.3. The zero-order valence-electron chi connectivity index (χ0n) is 15.2. The van der Waals surface area contributed by atoms with Crippen molar-refractivity contribution >= 4 is 38.9 Å². The van der Waals surface area contributed by atoms with Gasteiger partial charge in [-0.05, 0) is 54.4 Å². The number of anilines is 2. The van der Waals surface area contributed by atoms with Crippen LogP contribution in [0.15, 0.2) is 71.6 Å². The second-order valence-corrected chi connectivity index (χ2v) is 8.59. The molecule has 0 bridgehead atoms. The average Bonchev–Trinajstić information content (AvgIpc) is 2.70. The monoisotopic (exact) mass is 428 g/mol. The molecule has 3 aromatic rings. The number of hydrogen-bond donors (Lipinski definition) is 2. The van der Waals surface area contributed by atoms with Crippen LogP contribution >= 0.6 is 11.6 Å². The van der Waals surface area contributed by atoms with E-state index in [0.717, 1.165) is 5.56 Å². The van der Waals surface area contributed by atoms with Crippen molar-refractivity contribution in [3.8, 4) is 11.5 Å². The highest BCUT2D eigenvalue weighted by molar-refractivity contribution is 7.92. The van der Waals surface area contributed by atoms with Gasteiger partial charge in [0.05, 0.1) is 15.6 Å². The van der Waals surface area contributed by atoms with Crippen molar-refractivity contribution in [1.82, 2.24) is 0 Å². The largest absolute Gasteiger partial charge is 0.454 e. The molecular formula is C21H17ClN2O4S. The van der Waals surface area contributed by atoms with Gasteiger partial charge in [-0.15, -0.1) is 0 Å². The van der Waals surface area contributed by atoms with Gasteiger partial charge in [-0.2, -0.15) is 0 Å². The van der Waals surface area contributed by atoms with Crippen LogP contribution in [0, 0.1) is 0 Å². The molecule has 4 rings (SSSR count). The van der Waals surface area contributed by atoms with Gasteiger partial charge in [0.15, 0.2) is 5.75 Å². The summed E-state index contributed by atoms with van der Waals surface area (Å²) in [7, 11) is -3.86. The van der Waals surface area contributed by atoms with Gasteiger partial charge in [-0.1, -0.05) is 35.9 Å². The Hall–Kier alpha value is -3.03. The fraction of sp³-hybridized carbons (Fsp3) is 0.0952. The maximum Gasteiger partial charge on any atom is 0.262 e. The summed E-state index contributed by atoms with van der Waals surface area (Å²) in [6, 6.07) is 18.3. The molecule has 2 N–H and O–H groups in total. The summed E-state index contributed by atoms with van der Waals surface area (Å²) < 4.78 is 34.3. The highest BCUT2D eigenvalue weighted by atomic mass is 35.5. The predicted molar refractivity (Wildman–Crippen MR) is 112 cm³/mol. The number of aryl methyl sites for hydroxylation is 1. The summed E-state index contributed by atoms with van der Waals surface area (Å²) in [5.74, 6) is 0.677. The lowest BCUT2D eigenvalue weighted by Gasteiger charge is -2.18. The zero-order chi connectivity index (χ0) is 20.4. The Kier molecular flexibility index (Phi) is 5.17. The van der Waals surface area contributed by atoms with Gasteiger partial charge in [0.1, 0.15) is 5.75 Å². The molecule has 1 heterocycles. The van der Waals surface area contributed by atoms with Crippen molar-refractivity contribution < 1.29 is 17.9 Å². The van der Waals surface area contributed by atoms with E-state index in [9.17, 15) is 13.2 Å². The Bertz CT molecular complexity index is 1190. The number of halogens is 1. The zero-order valence-corrected chi connectivity index (χ0v) is 16.8. The van der Waals surface area contributed by atoms with E-state index in [1.165, 1.54) is 6.07 Å². The number of carbonyl (C=O) groups excluding carboxylic acids is 1. The molecule has 0 atom stereocenters. The van der Waals surface area contributed by atoms with E-state index in [2.05, 4.69) is 10.0 Å². The highest BCUT2D eigenvalue weighted by Gasteiger charge is 2.21. The summed E-state index contributed by atoms with van der Waals surface area (Å²) in [5.41, 5.74) is 1.72. The summed E-state index contributed by atoms with van der Waals surface area (Å²) in [6.45, 7) is 0. The first-order chi connectivity index (χ1) is 13.9. The van der Waals surface area contributed by atoms with E-state index in [1.54, 1.807) is 60.7 Å². The number of nitrogens with one attached hydrogen (secondary N) is 2. The third-order valence-electron chi connectivity index (χ3n) is 4.47. The quantitative estimate of drug-likeness (QED) is 0.610. The molecule has 0 unspecified atom stereocenters. The van der Waals surface area contributed by atoms with Gasteiger partial charge in [-0.25, -0.2) is 8.42 Å². The van der Waals surface area contributed by atoms with E-state index >= 15 is 0 Å². The van der Waals surface area contributed by atoms with Crippen molar-refractivity contribution in [2.75, 3.05) is 10.0 Å². The van der Waals surface area contributed by atoms with Crippen LogP contribution in [0.5, 0.6) is 11.5 Å². The first-order valence-electron chi connectivity index (χ1n) is 8.89. The van der Waals surface area contributed by atoms with Gasteiger partial charge in [0.2, 0.25) is 5.91 Å². The number of fused-ring (bicyclic) bond motifs is 1. The molecule has 1 amide bonds. The minimum absolute atomic E-state index is 0.0723. The Morgan fingerprint density at radius 2 is 1.66 bits per heavy atom. The molecule has 148 valence electrons. The van der Waals surface area contributed by atoms with E-state index in [-0.39, 0.29) is 10.8 Å². The van der Waals surface area contributed by atoms with Crippen LogP contribution in [0.1, 0.15) is 12.0 Å². The Balaban J connectivity index is 1.62. The number of benzene rings is 3. The minimum atomic E-state index is -3.86. The SMILES string of the molecule is O=C1CCc2cc(S(=O)(=O)Nc3ccccc3Oc3ccccc3Cl)ccc2N1. The molecule has 0 fully saturated rings. The number of sulfonamides is 1. The van der Waals surface area contributed by atoms with Crippen LogP contribution in [0.25, 0.3) is 0 Å². The number of para-hydroxylation sites is 3. The van der Waals surface area contributed by atoms with Gasteiger partial charge < -0.3 is 10.1 Å². The summed E-state index contributed by atoms with van der Waals surface area (Å²) in [4.78, 5) is 11.6. The van der Waals surface area contributed by atoms with Crippen molar-refractivity contribution in [2.24, 2.45) is 0 Å². The van der Waals surface area contributed by atoms with E-state index in [1.807, 2.05) is 0 Å². The van der Waals surface area contributed by atoms with E-state index < -0.39 is 10.0 Å². The lowest BCUT2D eigenvalue weighted by molar-refractivity contribution is -0.116. The van der Waals surface area contributed by atoms with Crippen molar-refractivity contribution in [3.63, 3.8) is 0 Å². The van der Waals surface area contributed by atoms with Crippen LogP contribution in [0.4, 0.5) is 11.4 Å². The fourth-order valence-electron chi connectivity index (χ4n) is 3.02. The minimum Gasteiger partial charge on any atom is -0.454 e. The molecule has 8 heteroatoms. The van der Waals surface area contributed by atoms with Crippen LogP contribution in [0.2, 0.25) is 5.02 Å². The molecule has 6 nitrogen and oxygen atoms in total. The molecule has 1 aliphatic heterocycles. The maximum absolute atomic E-state index is 12.9. The molecule has 0 saturated carbocycles. The summed E-state index contributed by atoms with van der Waals surface area (Å²) in [6.07, 6.45) is 0.829. The summed E-state index contributed by atoms with van der Waals surface area (Å²) >= 11 is 6.14. The third-order valence-corrected chi connectivity index (χ3v) is 6.15. The first kappa shape index (κ1) is 19.3. The molecular weight excluding hydrogens is 412 g/mol. The van der Waals surface area contributed by atoms with E-state index in [4.69, 9.17) is 16.3 Å². The topological polar surface area (TPSA) is 84.5 Å². The summed E-state index contributed by atoms with van der Waals surface area (Å²) in [5, 5.41) is 3.16. The first-order valence-corrected chi connectivity index (χ1v) is 10.8. The average molecular weight is 429 g/mol. The van der Waals surface area contributed by atoms with Crippen LogP contribution in [-0.4, -0.2) is 14.3 Å².